The van der Waals surface area contributed by atoms with E-state index >= 15 is 0 Å². The predicted octanol–water partition coefficient (Wildman–Crippen LogP) is 1.32. The van der Waals surface area contributed by atoms with Crippen molar-refractivity contribution < 1.29 is 18.0 Å². The fourth-order valence-corrected chi connectivity index (χ4v) is 5.73. The number of carbonyl (C=O) groups excluding carboxylic acids is 2. The Bertz CT molecular complexity index is 910. The van der Waals surface area contributed by atoms with Crippen LogP contribution in [0.4, 0.5) is 0 Å². The number of nitrogens with one attached hydrogen (secondary N) is 1. The average Bonchev–Trinajstić information content (AvgIpc) is 3.31. The maximum absolute atomic E-state index is 12.7. The van der Waals surface area contributed by atoms with Crippen molar-refractivity contribution in [3.05, 3.63) is 52.9 Å². The molecule has 0 spiro atoms. The first-order chi connectivity index (χ1) is 12.4. The Morgan fingerprint density at radius 3 is 2.77 bits per heavy atom. The largest absolute Gasteiger partial charge is 0.366 e. The van der Waals surface area contributed by atoms with Crippen LogP contribution in [0.2, 0.25) is 0 Å². The Labute approximate surface area is 155 Å². The number of benzene rings is 1. The molecule has 2 aromatic rings. The van der Waals surface area contributed by atoms with Gasteiger partial charge in [-0.3, -0.25) is 9.59 Å². The van der Waals surface area contributed by atoms with E-state index < -0.39 is 22.0 Å². The Balaban J connectivity index is 1.69. The number of thiophene rings is 1. The number of hydrogen-bond donors (Lipinski definition) is 2. The second kappa shape index (κ2) is 7.56. The number of primary amides is 1. The molecule has 9 heteroatoms. The third kappa shape index (κ3) is 3.79. The van der Waals surface area contributed by atoms with E-state index in [0.717, 1.165) is 16.9 Å². The molecule has 1 aromatic carbocycles. The van der Waals surface area contributed by atoms with E-state index in [1.807, 2.05) is 0 Å². The van der Waals surface area contributed by atoms with Crippen LogP contribution in [0.1, 0.15) is 28.8 Å². The molecule has 26 heavy (non-hydrogen) atoms. The van der Waals surface area contributed by atoms with Gasteiger partial charge in [0.25, 0.3) is 10.0 Å². The van der Waals surface area contributed by atoms with Gasteiger partial charge in [0.1, 0.15) is 10.3 Å². The van der Waals surface area contributed by atoms with E-state index in [-0.39, 0.29) is 16.7 Å². The first-order valence-corrected chi connectivity index (χ1v) is 10.4. The molecule has 3 rings (SSSR count). The lowest BCUT2D eigenvalue weighted by molar-refractivity contribution is -0.124. The summed E-state index contributed by atoms with van der Waals surface area (Å²) < 4.78 is 26.9. The van der Waals surface area contributed by atoms with E-state index in [0.29, 0.717) is 24.9 Å². The zero-order valence-electron chi connectivity index (χ0n) is 13.9. The van der Waals surface area contributed by atoms with E-state index in [2.05, 4.69) is 5.32 Å². The van der Waals surface area contributed by atoms with Crippen LogP contribution in [0.15, 0.2) is 46.0 Å². The van der Waals surface area contributed by atoms with Crippen LogP contribution in [0.25, 0.3) is 0 Å². The first kappa shape index (κ1) is 18.6. The summed E-state index contributed by atoms with van der Waals surface area (Å²) in [5, 5.41) is 4.46. The van der Waals surface area contributed by atoms with Gasteiger partial charge < -0.3 is 11.1 Å². The van der Waals surface area contributed by atoms with Gasteiger partial charge in [-0.25, -0.2) is 8.42 Å². The molecule has 1 aromatic heterocycles. The zero-order chi connectivity index (χ0) is 18.7. The molecule has 1 fully saturated rings. The van der Waals surface area contributed by atoms with Crippen molar-refractivity contribution in [1.29, 1.82) is 0 Å². The number of sulfonamides is 1. The zero-order valence-corrected chi connectivity index (χ0v) is 15.6. The van der Waals surface area contributed by atoms with E-state index in [1.54, 1.807) is 41.8 Å². The second-order valence-corrected chi connectivity index (χ2v) is 9.05. The van der Waals surface area contributed by atoms with Gasteiger partial charge in [0.05, 0.1) is 0 Å². The molecule has 1 aliphatic heterocycles. The molecular weight excluding hydrogens is 374 g/mol. The lowest BCUT2D eigenvalue weighted by Gasteiger charge is -2.22. The van der Waals surface area contributed by atoms with Gasteiger partial charge in [0, 0.05) is 18.7 Å². The van der Waals surface area contributed by atoms with Gasteiger partial charge in [-0.15, -0.1) is 11.3 Å². The number of hydrogen-bond acceptors (Lipinski definition) is 5. The maximum atomic E-state index is 12.7. The van der Waals surface area contributed by atoms with Crippen molar-refractivity contribution in [2.45, 2.75) is 29.6 Å². The van der Waals surface area contributed by atoms with Crippen LogP contribution in [0.5, 0.6) is 0 Å². The van der Waals surface area contributed by atoms with E-state index in [4.69, 9.17) is 5.73 Å². The third-order valence-electron chi connectivity index (χ3n) is 4.24. The van der Waals surface area contributed by atoms with Gasteiger partial charge in [0.15, 0.2) is 0 Å². The minimum Gasteiger partial charge on any atom is -0.366 e. The van der Waals surface area contributed by atoms with Crippen LogP contribution in [-0.4, -0.2) is 37.1 Å². The Hall–Kier alpha value is -2.23. The summed E-state index contributed by atoms with van der Waals surface area (Å²) in [4.78, 5) is 23.8. The molecule has 138 valence electrons. The molecule has 2 amide bonds. The molecule has 1 saturated heterocycles. The highest BCUT2D eigenvalue weighted by Crippen LogP contribution is 2.28. The lowest BCUT2D eigenvalue weighted by Crippen LogP contribution is -2.45. The van der Waals surface area contributed by atoms with Crippen molar-refractivity contribution in [1.82, 2.24) is 9.62 Å². The highest BCUT2D eigenvalue weighted by molar-refractivity contribution is 7.91. The van der Waals surface area contributed by atoms with Crippen molar-refractivity contribution >= 4 is 33.2 Å². The summed E-state index contributed by atoms with van der Waals surface area (Å²) in [5.74, 6) is -0.880. The molecule has 0 bridgehead atoms. The molecule has 1 atom stereocenters. The number of amides is 2. The summed E-state index contributed by atoms with van der Waals surface area (Å²) in [6, 6.07) is 9.15. The van der Waals surface area contributed by atoms with Crippen molar-refractivity contribution in [2.75, 3.05) is 6.54 Å². The quantitative estimate of drug-likeness (QED) is 0.771. The molecule has 7 nitrogen and oxygen atoms in total. The summed E-state index contributed by atoms with van der Waals surface area (Å²) in [6.45, 7) is 0.527. The monoisotopic (exact) mass is 393 g/mol. The van der Waals surface area contributed by atoms with Gasteiger partial charge in [-0.2, -0.15) is 4.31 Å². The normalized spacial score (nSPS) is 17.9. The second-order valence-electron chi connectivity index (χ2n) is 5.99. The van der Waals surface area contributed by atoms with Crippen LogP contribution >= 0.6 is 11.3 Å². The lowest BCUT2D eigenvalue weighted by atomic mass is 10.1. The van der Waals surface area contributed by atoms with Crippen LogP contribution in [0, 0.1) is 0 Å². The SMILES string of the molecule is NC(=O)c1cccc(CNC(=O)[C@@H]2CCCN2S(=O)(=O)c2cccs2)c1. The highest BCUT2D eigenvalue weighted by atomic mass is 32.2. The molecule has 2 heterocycles. The fourth-order valence-electron chi connectivity index (χ4n) is 2.96. The van der Waals surface area contributed by atoms with Gasteiger partial charge >= 0.3 is 0 Å². The van der Waals surface area contributed by atoms with Crippen molar-refractivity contribution in [2.24, 2.45) is 5.73 Å². The minimum absolute atomic E-state index is 0.198. The number of nitrogens with two attached hydrogens (primary N) is 1. The van der Waals surface area contributed by atoms with Crippen LogP contribution < -0.4 is 11.1 Å². The smallest absolute Gasteiger partial charge is 0.253 e. The van der Waals surface area contributed by atoms with Crippen molar-refractivity contribution in [3.8, 4) is 0 Å². The number of carbonyl (C=O) groups is 2. The number of rotatable bonds is 6. The number of nitrogens with zero attached hydrogens (tertiary/aromatic N) is 1. The molecule has 1 aliphatic rings. The topological polar surface area (TPSA) is 110 Å². The molecule has 0 radical (unpaired) electrons. The summed E-state index contributed by atoms with van der Waals surface area (Å²) in [7, 11) is -3.66. The first-order valence-electron chi connectivity index (χ1n) is 8.11. The average molecular weight is 393 g/mol. The maximum Gasteiger partial charge on any atom is 0.253 e. The van der Waals surface area contributed by atoms with Gasteiger partial charge in [0.2, 0.25) is 11.8 Å². The third-order valence-corrected chi connectivity index (χ3v) is 7.52. The Morgan fingerprint density at radius 1 is 1.27 bits per heavy atom. The molecule has 0 aliphatic carbocycles. The van der Waals surface area contributed by atoms with Gasteiger partial charge in [-0.1, -0.05) is 18.2 Å². The fraction of sp³-hybridized carbons (Fsp3) is 0.294. The summed E-state index contributed by atoms with van der Waals surface area (Å²) in [5.41, 5.74) is 6.34. The molecule has 0 unspecified atom stereocenters. The van der Waals surface area contributed by atoms with Gasteiger partial charge in [-0.05, 0) is 42.0 Å². The van der Waals surface area contributed by atoms with E-state index in [9.17, 15) is 18.0 Å². The summed E-state index contributed by atoms with van der Waals surface area (Å²) >= 11 is 1.14. The summed E-state index contributed by atoms with van der Waals surface area (Å²) in [6.07, 6.45) is 1.12. The highest BCUT2D eigenvalue weighted by Gasteiger charge is 2.39. The van der Waals surface area contributed by atoms with E-state index in [1.165, 1.54) is 4.31 Å². The predicted molar refractivity (Wildman–Crippen MR) is 98.0 cm³/mol. The minimum atomic E-state index is -3.66. The standard InChI is InChI=1S/C17H19N3O4S2/c18-16(21)13-5-1-4-12(10-13)11-19-17(22)14-6-2-8-20(14)26(23,24)15-7-3-9-25-15/h1,3-5,7,9-10,14H,2,6,8,11H2,(H2,18,21)(H,19,22)/t14-/m0/s1. The van der Waals surface area contributed by atoms with Crippen molar-refractivity contribution in [3.63, 3.8) is 0 Å². The molecular formula is C17H19N3O4S2. The van der Waals surface area contributed by atoms with Crippen LogP contribution in [-0.2, 0) is 21.4 Å². The molecule has 0 saturated carbocycles. The van der Waals surface area contributed by atoms with Crippen LogP contribution in [0.3, 0.4) is 0 Å². The molecule has 3 N–H and O–H groups in total. The Morgan fingerprint density at radius 2 is 2.08 bits per heavy atom. The Kier molecular flexibility index (Phi) is 5.40.